The quantitative estimate of drug-likeness (QED) is 0.778. The van der Waals surface area contributed by atoms with Gasteiger partial charge in [-0.25, -0.2) is 4.79 Å². The lowest BCUT2D eigenvalue weighted by Crippen LogP contribution is -2.36. The third kappa shape index (κ3) is 3.46. The van der Waals surface area contributed by atoms with Crippen molar-refractivity contribution >= 4 is 6.09 Å². The number of likely N-dealkylation sites (tertiary alicyclic amines) is 1. The second-order valence-electron chi connectivity index (χ2n) is 6.13. The predicted octanol–water partition coefficient (Wildman–Crippen LogP) is 3.46. The molecule has 1 atom stereocenters. The first kappa shape index (κ1) is 13.8. The Balaban J connectivity index is 2.15. The lowest BCUT2D eigenvalue weighted by Gasteiger charge is -2.28. The fraction of sp³-hybridized carbons (Fsp3) is 0.600. The van der Waals surface area contributed by atoms with E-state index in [2.05, 4.69) is 11.1 Å². The van der Waals surface area contributed by atoms with Gasteiger partial charge < -0.3 is 9.64 Å². The molecule has 1 aliphatic rings. The van der Waals surface area contributed by atoms with Gasteiger partial charge in [0, 0.05) is 18.9 Å². The van der Waals surface area contributed by atoms with Gasteiger partial charge in [-0.2, -0.15) is 0 Å². The summed E-state index contributed by atoms with van der Waals surface area (Å²) < 4.78 is 5.47. The lowest BCUT2D eigenvalue weighted by atomic mass is 10.1. The molecule has 4 nitrogen and oxygen atoms in total. The molecule has 0 radical (unpaired) electrons. The molecular weight excluding hydrogens is 240 g/mol. The highest BCUT2D eigenvalue weighted by atomic mass is 16.6. The van der Waals surface area contributed by atoms with Crippen LogP contribution in [0.3, 0.4) is 0 Å². The fourth-order valence-electron chi connectivity index (χ4n) is 2.41. The molecule has 1 saturated heterocycles. The SMILES string of the molecule is Cc1cncc([C@H]2CCCN2C(=O)OC(C)(C)C)c1. The number of amides is 1. The Labute approximate surface area is 114 Å². The Bertz CT molecular complexity index is 465. The zero-order valence-corrected chi connectivity index (χ0v) is 12.1. The van der Waals surface area contributed by atoms with Crippen LogP contribution in [0.1, 0.15) is 50.8 Å². The lowest BCUT2D eigenvalue weighted by molar-refractivity contribution is 0.0224. The largest absolute Gasteiger partial charge is 0.444 e. The van der Waals surface area contributed by atoms with Crippen LogP contribution in [0.2, 0.25) is 0 Å². The van der Waals surface area contributed by atoms with Gasteiger partial charge in [-0.1, -0.05) is 6.07 Å². The summed E-state index contributed by atoms with van der Waals surface area (Å²) in [4.78, 5) is 18.3. The number of pyridine rings is 1. The van der Waals surface area contributed by atoms with Gasteiger partial charge in [0.05, 0.1) is 6.04 Å². The number of aromatic nitrogens is 1. The van der Waals surface area contributed by atoms with Gasteiger partial charge in [0.2, 0.25) is 0 Å². The summed E-state index contributed by atoms with van der Waals surface area (Å²) in [6.45, 7) is 8.45. The molecule has 0 bridgehead atoms. The monoisotopic (exact) mass is 262 g/mol. The number of aryl methyl sites for hydroxylation is 1. The summed E-state index contributed by atoms with van der Waals surface area (Å²) in [7, 11) is 0. The van der Waals surface area contributed by atoms with Crippen molar-refractivity contribution < 1.29 is 9.53 Å². The number of carbonyl (C=O) groups excluding carboxylic acids is 1. The van der Waals surface area contributed by atoms with Gasteiger partial charge in [0.15, 0.2) is 0 Å². The molecule has 0 spiro atoms. The summed E-state index contributed by atoms with van der Waals surface area (Å²) in [6, 6.07) is 2.20. The van der Waals surface area contributed by atoms with E-state index in [4.69, 9.17) is 4.74 Å². The Hall–Kier alpha value is -1.58. The molecule has 19 heavy (non-hydrogen) atoms. The second kappa shape index (κ2) is 5.19. The number of hydrogen-bond acceptors (Lipinski definition) is 3. The first-order valence-corrected chi connectivity index (χ1v) is 6.78. The normalized spacial score (nSPS) is 19.6. The molecule has 2 rings (SSSR count). The van der Waals surface area contributed by atoms with Crippen molar-refractivity contribution in [3.8, 4) is 0 Å². The average molecular weight is 262 g/mol. The van der Waals surface area contributed by atoms with E-state index in [9.17, 15) is 4.79 Å². The van der Waals surface area contributed by atoms with Crippen LogP contribution < -0.4 is 0 Å². The molecule has 1 amide bonds. The molecule has 2 heterocycles. The summed E-state index contributed by atoms with van der Waals surface area (Å²) in [5.74, 6) is 0. The number of carbonyl (C=O) groups is 1. The molecule has 0 unspecified atom stereocenters. The van der Waals surface area contributed by atoms with Crippen LogP contribution in [0.5, 0.6) is 0 Å². The van der Waals surface area contributed by atoms with Crippen LogP contribution in [0.15, 0.2) is 18.5 Å². The van der Waals surface area contributed by atoms with Crippen molar-refractivity contribution in [2.24, 2.45) is 0 Å². The predicted molar refractivity (Wildman–Crippen MR) is 73.9 cm³/mol. The van der Waals surface area contributed by atoms with Gasteiger partial charge in [-0.05, 0) is 51.7 Å². The maximum Gasteiger partial charge on any atom is 0.410 e. The third-order valence-electron chi connectivity index (χ3n) is 3.16. The van der Waals surface area contributed by atoms with E-state index in [-0.39, 0.29) is 12.1 Å². The topological polar surface area (TPSA) is 42.4 Å². The standard InChI is InChI=1S/C15H22N2O2/c1-11-8-12(10-16-9-11)13-6-5-7-17(13)14(18)19-15(2,3)4/h8-10,13H,5-7H2,1-4H3/t13-/m1/s1. The molecule has 0 aliphatic carbocycles. The highest BCUT2D eigenvalue weighted by Gasteiger charge is 2.33. The first-order valence-electron chi connectivity index (χ1n) is 6.78. The molecule has 1 aromatic rings. The Morgan fingerprint density at radius 3 is 2.79 bits per heavy atom. The number of nitrogens with zero attached hydrogens (tertiary/aromatic N) is 2. The van der Waals surface area contributed by atoms with Gasteiger partial charge >= 0.3 is 6.09 Å². The van der Waals surface area contributed by atoms with Gasteiger partial charge in [-0.15, -0.1) is 0 Å². The summed E-state index contributed by atoms with van der Waals surface area (Å²) >= 11 is 0. The highest BCUT2D eigenvalue weighted by Crippen LogP contribution is 2.33. The molecule has 1 aliphatic heterocycles. The molecule has 1 aromatic heterocycles. The molecule has 4 heteroatoms. The zero-order chi connectivity index (χ0) is 14.0. The molecule has 0 N–H and O–H groups in total. The van der Waals surface area contributed by atoms with Crippen molar-refractivity contribution in [3.63, 3.8) is 0 Å². The Morgan fingerprint density at radius 1 is 1.42 bits per heavy atom. The highest BCUT2D eigenvalue weighted by molar-refractivity contribution is 5.69. The van der Waals surface area contributed by atoms with Crippen LogP contribution in [-0.4, -0.2) is 28.1 Å². The second-order valence-corrected chi connectivity index (χ2v) is 6.13. The van der Waals surface area contributed by atoms with Crippen molar-refractivity contribution in [2.45, 2.75) is 52.2 Å². The van der Waals surface area contributed by atoms with E-state index in [1.54, 1.807) is 0 Å². The third-order valence-corrected chi connectivity index (χ3v) is 3.16. The summed E-state index contributed by atoms with van der Waals surface area (Å²) in [6.07, 6.45) is 5.44. The van der Waals surface area contributed by atoms with Gasteiger partial charge in [0.25, 0.3) is 0 Å². The maximum absolute atomic E-state index is 12.2. The van der Waals surface area contributed by atoms with E-state index >= 15 is 0 Å². The van der Waals surface area contributed by atoms with E-state index in [1.165, 1.54) is 0 Å². The summed E-state index contributed by atoms with van der Waals surface area (Å²) in [5.41, 5.74) is 1.77. The van der Waals surface area contributed by atoms with Crippen LogP contribution >= 0.6 is 0 Å². The first-order chi connectivity index (χ1) is 8.87. The van der Waals surface area contributed by atoms with Gasteiger partial charge in [-0.3, -0.25) is 4.98 Å². The number of rotatable bonds is 1. The average Bonchev–Trinajstić information content (AvgIpc) is 2.75. The molecular formula is C15H22N2O2. The Morgan fingerprint density at radius 2 is 2.16 bits per heavy atom. The van der Waals surface area contributed by atoms with Crippen molar-refractivity contribution in [1.29, 1.82) is 0 Å². The minimum absolute atomic E-state index is 0.0993. The number of hydrogen-bond donors (Lipinski definition) is 0. The molecule has 104 valence electrons. The van der Waals surface area contributed by atoms with Crippen molar-refractivity contribution in [3.05, 3.63) is 29.6 Å². The smallest absolute Gasteiger partial charge is 0.410 e. The van der Waals surface area contributed by atoms with E-state index in [0.717, 1.165) is 30.5 Å². The molecule has 0 aromatic carbocycles. The maximum atomic E-state index is 12.2. The molecule has 1 fully saturated rings. The molecule has 0 saturated carbocycles. The van der Waals surface area contributed by atoms with Crippen LogP contribution in [0.25, 0.3) is 0 Å². The zero-order valence-electron chi connectivity index (χ0n) is 12.1. The minimum Gasteiger partial charge on any atom is -0.444 e. The summed E-state index contributed by atoms with van der Waals surface area (Å²) in [5, 5.41) is 0. The number of ether oxygens (including phenoxy) is 1. The minimum atomic E-state index is -0.449. The van der Waals surface area contributed by atoms with E-state index < -0.39 is 5.60 Å². The fourth-order valence-corrected chi connectivity index (χ4v) is 2.41. The van der Waals surface area contributed by atoms with Crippen molar-refractivity contribution in [1.82, 2.24) is 9.88 Å². The van der Waals surface area contributed by atoms with Crippen LogP contribution in [-0.2, 0) is 4.74 Å². The Kier molecular flexibility index (Phi) is 3.78. The van der Waals surface area contributed by atoms with Crippen molar-refractivity contribution in [2.75, 3.05) is 6.54 Å². The van der Waals surface area contributed by atoms with Crippen LogP contribution in [0, 0.1) is 6.92 Å². The van der Waals surface area contributed by atoms with E-state index in [1.807, 2.05) is 45.0 Å². The van der Waals surface area contributed by atoms with Crippen LogP contribution in [0.4, 0.5) is 4.79 Å². The van der Waals surface area contributed by atoms with Gasteiger partial charge in [0.1, 0.15) is 5.60 Å². The van der Waals surface area contributed by atoms with E-state index in [0.29, 0.717) is 0 Å².